The fourth-order valence-electron chi connectivity index (χ4n) is 3.06. The van der Waals surface area contributed by atoms with E-state index >= 15 is 0 Å². The zero-order chi connectivity index (χ0) is 24.8. The number of ether oxygens (including phenoxy) is 3. The van der Waals surface area contributed by atoms with Crippen LogP contribution in [0, 0.1) is 0 Å². The molecule has 10 nitrogen and oxygen atoms in total. The van der Waals surface area contributed by atoms with E-state index in [1.807, 2.05) is 0 Å². The quantitative estimate of drug-likeness (QED) is 0.626. The molecule has 1 fully saturated rings. The molecule has 0 aliphatic carbocycles. The number of alkyl carbamates (subject to hydrolysis) is 1. The summed E-state index contributed by atoms with van der Waals surface area (Å²) in [6.45, 7) is 13.5. The summed E-state index contributed by atoms with van der Waals surface area (Å²) >= 11 is 0. The number of nitrogens with zero attached hydrogens (tertiary/aromatic N) is 2. The summed E-state index contributed by atoms with van der Waals surface area (Å²) in [6.07, 6.45) is 0.0674. The smallest absolute Gasteiger partial charge is 0.413 e. The van der Waals surface area contributed by atoms with E-state index in [0.29, 0.717) is 18.8 Å². The van der Waals surface area contributed by atoms with Crippen LogP contribution < -0.4 is 15.5 Å². The van der Waals surface area contributed by atoms with E-state index in [0.717, 1.165) is 12.0 Å². The predicted octanol–water partition coefficient (Wildman–Crippen LogP) is 3.99. The van der Waals surface area contributed by atoms with Crippen molar-refractivity contribution >= 4 is 29.7 Å². The van der Waals surface area contributed by atoms with Crippen LogP contribution in [-0.2, 0) is 25.6 Å². The number of amides is 3. The molecule has 33 heavy (non-hydrogen) atoms. The summed E-state index contributed by atoms with van der Waals surface area (Å²) in [5.41, 5.74) is -0.520. The van der Waals surface area contributed by atoms with E-state index in [2.05, 4.69) is 15.6 Å². The lowest BCUT2D eigenvalue weighted by Gasteiger charge is -2.22. The third kappa shape index (κ3) is 9.65. The number of pyridine rings is 1. The number of hydrogen-bond acceptors (Lipinski definition) is 7. The monoisotopic (exact) mass is 464 g/mol. The van der Waals surface area contributed by atoms with Crippen LogP contribution in [0.25, 0.3) is 0 Å². The van der Waals surface area contributed by atoms with Crippen LogP contribution in [0.15, 0.2) is 12.1 Å². The average Bonchev–Trinajstić information content (AvgIpc) is 3.04. The number of carbonyl (C=O) groups excluding carboxylic acids is 3. The molecule has 3 amide bonds. The summed E-state index contributed by atoms with van der Waals surface area (Å²) in [5.74, 6) is 0.698. The molecular weight excluding hydrogens is 428 g/mol. The second-order valence-corrected chi connectivity index (χ2v) is 10.1. The number of carbonyl (C=O) groups is 3. The van der Waals surface area contributed by atoms with Crippen molar-refractivity contribution in [1.29, 1.82) is 0 Å². The topological polar surface area (TPSA) is 119 Å². The molecule has 0 unspecified atom stereocenters. The first-order valence-corrected chi connectivity index (χ1v) is 11.1. The highest BCUT2D eigenvalue weighted by atomic mass is 16.6. The molecule has 2 heterocycles. The molecule has 1 aromatic rings. The number of nitrogens with one attached hydrogen (secondary N) is 2. The number of hydrogen-bond donors (Lipinski definition) is 2. The van der Waals surface area contributed by atoms with E-state index in [-0.39, 0.29) is 31.0 Å². The van der Waals surface area contributed by atoms with Gasteiger partial charge in [-0.05, 0) is 72.6 Å². The summed E-state index contributed by atoms with van der Waals surface area (Å²) < 4.78 is 16.3. The Labute approximate surface area is 195 Å². The predicted molar refractivity (Wildman–Crippen MR) is 124 cm³/mol. The molecule has 0 bridgehead atoms. The highest BCUT2D eigenvalue weighted by Crippen LogP contribution is 2.24. The standard InChI is InChI=1S/C23H36N4O6/c1-15(24-20(29)32-22(2,3)4)13-31-14-16-11-17(26-21(30)33-23(5,6)7)25-18(12-16)27-10-8-9-19(27)28/h11-12,15H,8-10,13-14H2,1-7H3,(H,24,29)(H,25,26,30)/t15-/m1/s1. The Morgan fingerprint density at radius 1 is 1.09 bits per heavy atom. The lowest BCUT2D eigenvalue weighted by Crippen LogP contribution is -2.39. The van der Waals surface area contributed by atoms with Crippen LogP contribution in [0.3, 0.4) is 0 Å². The van der Waals surface area contributed by atoms with Gasteiger partial charge >= 0.3 is 12.2 Å². The van der Waals surface area contributed by atoms with Gasteiger partial charge in [0, 0.05) is 13.0 Å². The zero-order valence-electron chi connectivity index (χ0n) is 20.6. The lowest BCUT2D eigenvalue weighted by molar-refractivity contribution is -0.117. The van der Waals surface area contributed by atoms with E-state index in [4.69, 9.17) is 14.2 Å². The van der Waals surface area contributed by atoms with Gasteiger partial charge < -0.3 is 19.5 Å². The van der Waals surface area contributed by atoms with E-state index in [9.17, 15) is 14.4 Å². The molecule has 0 spiro atoms. The van der Waals surface area contributed by atoms with Crippen LogP contribution in [0.1, 0.15) is 66.9 Å². The maximum Gasteiger partial charge on any atom is 0.413 e. The Bertz CT molecular complexity index is 859. The SMILES string of the molecule is C[C@H](COCc1cc(NC(=O)OC(C)(C)C)nc(N2CCCC2=O)c1)NC(=O)OC(C)(C)C. The maximum absolute atomic E-state index is 12.2. The van der Waals surface area contributed by atoms with Crippen molar-refractivity contribution in [2.75, 3.05) is 23.4 Å². The van der Waals surface area contributed by atoms with Crippen LogP contribution in [-0.4, -0.2) is 53.5 Å². The minimum absolute atomic E-state index is 0.0148. The molecule has 1 aliphatic rings. The van der Waals surface area contributed by atoms with E-state index in [1.165, 1.54) is 0 Å². The largest absolute Gasteiger partial charge is 0.444 e. The Morgan fingerprint density at radius 2 is 1.73 bits per heavy atom. The second-order valence-electron chi connectivity index (χ2n) is 10.1. The van der Waals surface area contributed by atoms with Crippen LogP contribution in [0.2, 0.25) is 0 Å². The average molecular weight is 465 g/mol. The van der Waals surface area contributed by atoms with Gasteiger partial charge in [0.2, 0.25) is 5.91 Å². The molecule has 2 rings (SSSR count). The van der Waals surface area contributed by atoms with Gasteiger partial charge in [-0.1, -0.05) is 0 Å². The second kappa shape index (κ2) is 10.8. The van der Waals surface area contributed by atoms with Crippen LogP contribution in [0.4, 0.5) is 21.2 Å². The minimum atomic E-state index is -0.657. The summed E-state index contributed by atoms with van der Waals surface area (Å²) in [7, 11) is 0. The highest BCUT2D eigenvalue weighted by Gasteiger charge is 2.24. The van der Waals surface area contributed by atoms with E-state index < -0.39 is 23.4 Å². The molecule has 1 aromatic heterocycles. The van der Waals surface area contributed by atoms with Gasteiger partial charge in [-0.3, -0.25) is 15.0 Å². The summed E-state index contributed by atoms with van der Waals surface area (Å²) in [5, 5.41) is 5.34. The summed E-state index contributed by atoms with van der Waals surface area (Å²) in [4.78, 5) is 42.3. The number of rotatable bonds is 7. The van der Waals surface area contributed by atoms with Gasteiger partial charge in [-0.15, -0.1) is 0 Å². The third-order valence-corrected chi connectivity index (χ3v) is 4.25. The van der Waals surface area contributed by atoms with Gasteiger partial charge in [0.05, 0.1) is 19.3 Å². The molecule has 0 radical (unpaired) electrons. The molecule has 1 aliphatic heterocycles. The molecule has 184 valence electrons. The Balaban J connectivity index is 2.04. The van der Waals surface area contributed by atoms with Gasteiger partial charge in [0.1, 0.15) is 22.8 Å². The molecule has 1 saturated heterocycles. The van der Waals surface area contributed by atoms with Crippen molar-refractivity contribution in [2.45, 2.75) is 85.2 Å². The lowest BCUT2D eigenvalue weighted by atomic mass is 10.2. The van der Waals surface area contributed by atoms with Gasteiger partial charge in [0.25, 0.3) is 0 Å². The summed E-state index contributed by atoms with van der Waals surface area (Å²) in [6, 6.07) is 3.15. The van der Waals surface area contributed by atoms with Crippen molar-refractivity contribution in [3.05, 3.63) is 17.7 Å². The van der Waals surface area contributed by atoms with Crippen molar-refractivity contribution in [2.24, 2.45) is 0 Å². The van der Waals surface area contributed by atoms with Crippen molar-refractivity contribution in [3.63, 3.8) is 0 Å². The highest BCUT2D eigenvalue weighted by molar-refractivity contribution is 5.95. The van der Waals surface area contributed by atoms with Crippen molar-refractivity contribution in [1.82, 2.24) is 10.3 Å². The molecule has 1 atom stereocenters. The first kappa shape index (κ1) is 26.4. The molecular formula is C23H36N4O6. The fraction of sp³-hybridized carbons (Fsp3) is 0.652. The first-order chi connectivity index (χ1) is 15.2. The molecule has 10 heteroatoms. The zero-order valence-corrected chi connectivity index (χ0v) is 20.6. The van der Waals surface area contributed by atoms with Gasteiger partial charge in [-0.2, -0.15) is 0 Å². The van der Waals surface area contributed by atoms with Crippen LogP contribution >= 0.6 is 0 Å². The Kier molecular flexibility index (Phi) is 8.65. The fourth-order valence-corrected chi connectivity index (χ4v) is 3.06. The maximum atomic E-state index is 12.2. The number of anilines is 2. The molecule has 2 N–H and O–H groups in total. The van der Waals surface area contributed by atoms with E-state index in [1.54, 1.807) is 65.5 Å². The molecule has 0 saturated carbocycles. The minimum Gasteiger partial charge on any atom is -0.444 e. The Morgan fingerprint density at radius 3 is 2.30 bits per heavy atom. The Hall–Kier alpha value is -2.88. The normalized spacial score (nSPS) is 15.2. The van der Waals surface area contributed by atoms with Crippen LogP contribution in [0.5, 0.6) is 0 Å². The third-order valence-electron chi connectivity index (χ3n) is 4.25. The van der Waals surface area contributed by atoms with Gasteiger partial charge in [-0.25, -0.2) is 14.6 Å². The molecule has 0 aromatic carbocycles. The van der Waals surface area contributed by atoms with Crippen molar-refractivity contribution < 1.29 is 28.6 Å². The van der Waals surface area contributed by atoms with Gasteiger partial charge in [0.15, 0.2) is 0 Å². The first-order valence-electron chi connectivity index (χ1n) is 11.1. The number of aromatic nitrogens is 1. The van der Waals surface area contributed by atoms with Crippen molar-refractivity contribution in [3.8, 4) is 0 Å².